The first-order chi connectivity index (χ1) is 6.97. The zero-order valence-electron chi connectivity index (χ0n) is 10.3. The number of nitrogens with zero attached hydrogens (tertiary/aromatic N) is 1. The van der Waals surface area contributed by atoms with E-state index in [1.165, 1.54) is 6.42 Å². The molecule has 2 atom stereocenters. The molecule has 0 spiro atoms. The van der Waals surface area contributed by atoms with Gasteiger partial charge in [0.1, 0.15) is 0 Å². The van der Waals surface area contributed by atoms with Crippen LogP contribution in [0.1, 0.15) is 46.5 Å². The number of piperidine rings is 1. The van der Waals surface area contributed by atoms with Gasteiger partial charge in [0.2, 0.25) is 5.91 Å². The highest BCUT2D eigenvalue weighted by atomic mass is 16.2. The number of rotatable bonds is 3. The van der Waals surface area contributed by atoms with Gasteiger partial charge in [-0.25, -0.2) is 0 Å². The molecule has 3 nitrogen and oxygen atoms in total. The molecule has 0 aliphatic carbocycles. The lowest BCUT2D eigenvalue weighted by Crippen LogP contribution is -2.55. The highest BCUT2D eigenvalue weighted by Crippen LogP contribution is 2.20. The fourth-order valence-corrected chi connectivity index (χ4v) is 2.36. The van der Waals surface area contributed by atoms with E-state index in [1.807, 2.05) is 11.8 Å². The Morgan fingerprint density at radius 1 is 1.60 bits per heavy atom. The smallest absolute Gasteiger partial charge is 0.242 e. The Balaban J connectivity index is 2.58. The largest absolute Gasteiger partial charge is 0.341 e. The van der Waals surface area contributed by atoms with Crippen molar-refractivity contribution in [2.45, 2.75) is 52.0 Å². The van der Waals surface area contributed by atoms with E-state index in [9.17, 15) is 4.79 Å². The molecule has 3 heteroatoms. The second-order valence-corrected chi connectivity index (χ2v) is 5.17. The predicted molar refractivity (Wildman–Crippen MR) is 62.5 cm³/mol. The maximum atomic E-state index is 12.2. The van der Waals surface area contributed by atoms with Crippen LogP contribution in [0.2, 0.25) is 0 Å². The van der Waals surface area contributed by atoms with Crippen LogP contribution in [0.5, 0.6) is 0 Å². The SMILES string of the molecule is CCCC(C)(N)C(=O)N1CCCC(C)C1. The molecular formula is C12H24N2O. The van der Waals surface area contributed by atoms with Crippen LogP contribution in [0.3, 0.4) is 0 Å². The average molecular weight is 212 g/mol. The van der Waals surface area contributed by atoms with E-state index in [1.54, 1.807) is 0 Å². The van der Waals surface area contributed by atoms with Gasteiger partial charge < -0.3 is 10.6 Å². The van der Waals surface area contributed by atoms with Crippen molar-refractivity contribution in [2.24, 2.45) is 11.7 Å². The first kappa shape index (κ1) is 12.5. The van der Waals surface area contributed by atoms with Crippen LogP contribution in [-0.4, -0.2) is 29.4 Å². The Hall–Kier alpha value is -0.570. The lowest BCUT2D eigenvalue weighted by molar-refractivity contribution is -0.138. The van der Waals surface area contributed by atoms with Gasteiger partial charge in [0.25, 0.3) is 0 Å². The second kappa shape index (κ2) is 4.97. The van der Waals surface area contributed by atoms with Crippen molar-refractivity contribution in [3.05, 3.63) is 0 Å². The van der Waals surface area contributed by atoms with Crippen molar-refractivity contribution in [1.82, 2.24) is 4.90 Å². The standard InChI is InChI=1S/C12H24N2O/c1-4-7-12(3,13)11(15)14-8-5-6-10(2)9-14/h10H,4-9,13H2,1-3H3. The molecule has 1 fully saturated rings. The summed E-state index contributed by atoms with van der Waals surface area (Å²) in [6.07, 6.45) is 4.09. The number of amides is 1. The Bertz CT molecular complexity index is 226. The molecule has 1 heterocycles. The third kappa shape index (κ3) is 3.20. The normalized spacial score (nSPS) is 26.1. The van der Waals surface area contributed by atoms with Crippen LogP contribution >= 0.6 is 0 Å². The van der Waals surface area contributed by atoms with Gasteiger partial charge in [-0.1, -0.05) is 20.3 Å². The summed E-state index contributed by atoms with van der Waals surface area (Å²) in [6, 6.07) is 0. The summed E-state index contributed by atoms with van der Waals surface area (Å²) in [6.45, 7) is 7.90. The van der Waals surface area contributed by atoms with Gasteiger partial charge in [0, 0.05) is 13.1 Å². The van der Waals surface area contributed by atoms with Crippen molar-refractivity contribution in [1.29, 1.82) is 0 Å². The zero-order valence-corrected chi connectivity index (χ0v) is 10.3. The Morgan fingerprint density at radius 3 is 2.80 bits per heavy atom. The summed E-state index contributed by atoms with van der Waals surface area (Å²) < 4.78 is 0. The molecule has 1 aliphatic heterocycles. The van der Waals surface area contributed by atoms with Gasteiger partial charge >= 0.3 is 0 Å². The zero-order chi connectivity index (χ0) is 11.5. The average Bonchev–Trinajstić information content (AvgIpc) is 2.16. The molecule has 15 heavy (non-hydrogen) atoms. The van der Waals surface area contributed by atoms with Crippen LogP contribution in [0.25, 0.3) is 0 Å². The van der Waals surface area contributed by atoms with E-state index in [-0.39, 0.29) is 5.91 Å². The Kier molecular flexibility index (Phi) is 4.14. The van der Waals surface area contributed by atoms with Crippen LogP contribution < -0.4 is 5.73 Å². The van der Waals surface area contributed by atoms with Gasteiger partial charge in [0.05, 0.1) is 5.54 Å². The Labute approximate surface area is 93.0 Å². The molecule has 2 unspecified atom stereocenters. The van der Waals surface area contributed by atoms with E-state index < -0.39 is 5.54 Å². The molecule has 88 valence electrons. The van der Waals surface area contributed by atoms with Crippen molar-refractivity contribution < 1.29 is 4.79 Å². The maximum absolute atomic E-state index is 12.2. The molecule has 2 N–H and O–H groups in total. The second-order valence-electron chi connectivity index (χ2n) is 5.17. The highest BCUT2D eigenvalue weighted by molar-refractivity contribution is 5.85. The van der Waals surface area contributed by atoms with Gasteiger partial charge in [-0.05, 0) is 32.1 Å². The van der Waals surface area contributed by atoms with Crippen molar-refractivity contribution in [3.63, 3.8) is 0 Å². The van der Waals surface area contributed by atoms with Gasteiger partial charge in [-0.3, -0.25) is 4.79 Å². The third-order valence-electron chi connectivity index (χ3n) is 3.20. The summed E-state index contributed by atoms with van der Waals surface area (Å²) >= 11 is 0. The molecule has 0 bridgehead atoms. The van der Waals surface area contributed by atoms with Crippen LogP contribution in [0, 0.1) is 5.92 Å². The van der Waals surface area contributed by atoms with E-state index in [0.717, 1.165) is 32.4 Å². The molecule has 1 amide bonds. The van der Waals surface area contributed by atoms with Crippen LogP contribution in [0.4, 0.5) is 0 Å². The molecule has 0 radical (unpaired) electrons. The monoisotopic (exact) mass is 212 g/mol. The first-order valence-electron chi connectivity index (χ1n) is 6.05. The van der Waals surface area contributed by atoms with Crippen LogP contribution in [-0.2, 0) is 4.79 Å². The summed E-state index contributed by atoms with van der Waals surface area (Å²) in [5, 5.41) is 0. The van der Waals surface area contributed by atoms with Gasteiger partial charge in [-0.2, -0.15) is 0 Å². The fourth-order valence-electron chi connectivity index (χ4n) is 2.36. The summed E-state index contributed by atoms with van der Waals surface area (Å²) in [5.41, 5.74) is 5.39. The topological polar surface area (TPSA) is 46.3 Å². The molecule has 0 saturated carbocycles. The molecular weight excluding hydrogens is 188 g/mol. The van der Waals surface area contributed by atoms with Gasteiger partial charge in [0.15, 0.2) is 0 Å². The third-order valence-corrected chi connectivity index (χ3v) is 3.20. The number of nitrogens with two attached hydrogens (primary N) is 1. The summed E-state index contributed by atoms with van der Waals surface area (Å²) in [7, 11) is 0. The Morgan fingerprint density at radius 2 is 2.27 bits per heavy atom. The molecule has 1 aliphatic rings. The minimum Gasteiger partial charge on any atom is -0.341 e. The number of likely N-dealkylation sites (tertiary alicyclic amines) is 1. The quantitative estimate of drug-likeness (QED) is 0.775. The lowest BCUT2D eigenvalue weighted by Gasteiger charge is -2.36. The number of carbonyl (C=O) groups excluding carboxylic acids is 1. The van der Waals surface area contributed by atoms with E-state index in [0.29, 0.717) is 5.92 Å². The lowest BCUT2D eigenvalue weighted by atomic mass is 9.93. The summed E-state index contributed by atoms with van der Waals surface area (Å²) in [4.78, 5) is 14.1. The van der Waals surface area contributed by atoms with E-state index in [4.69, 9.17) is 5.73 Å². The number of hydrogen-bond donors (Lipinski definition) is 1. The molecule has 1 rings (SSSR count). The minimum atomic E-state index is -0.661. The van der Waals surface area contributed by atoms with Crippen molar-refractivity contribution in [2.75, 3.05) is 13.1 Å². The van der Waals surface area contributed by atoms with Crippen molar-refractivity contribution >= 4 is 5.91 Å². The number of hydrogen-bond acceptors (Lipinski definition) is 2. The maximum Gasteiger partial charge on any atom is 0.242 e. The first-order valence-corrected chi connectivity index (χ1v) is 6.05. The van der Waals surface area contributed by atoms with E-state index in [2.05, 4.69) is 13.8 Å². The highest BCUT2D eigenvalue weighted by Gasteiger charge is 2.33. The minimum absolute atomic E-state index is 0.135. The molecule has 0 aromatic heterocycles. The summed E-state index contributed by atoms with van der Waals surface area (Å²) in [5.74, 6) is 0.760. The molecule has 0 aromatic rings. The number of carbonyl (C=O) groups is 1. The fraction of sp³-hybridized carbons (Fsp3) is 0.917. The molecule has 1 saturated heterocycles. The van der Waals surface area contributed by atoms with E-state index >= 15 is 0 Å². The van der Waals surface area contributed by atoms with Gasteiger partial charge in [-0.15, -0.1) is 0 Å². The molecule has 0 aromatic carbocycles. The van der Waals surface area contributed by atoms with Crippen molar-refractivity contribution in [3.8, 4) is 0 Å². The predicted octanol–water partition coefficient (Wildman–Crippen LogP) is 1.76. The van der Waals surface area contributed by atoms with Crippen LogP contribution in [0.15, 0.2) is 0 Å².